The molecule has 1 unspecified atom stereocenters. The van der Waals surface area contributed by atoms with Crippen molar-refractivity contribution in [1.82, 2.24) is 4.90 Å². The number of rotatable bonds is 7. The van der Waals surface area contributed by atoms with Gasteiger partial charge in [-0.25, -0.2) is 0 Å². The molecule has 1 rings (SSSR count). The van der Waals surface area contributed by atoms with Gasteiger partial charge in [-0.05, 0) is 12.5 Å². The predicted molar refractivity (Wildman–Crippen MR) is 76.6 cm³/mol. The Labute approximate surface area is 114 Å². The molecule has 0 aliphatic carbocycles. The molecule has 19 heavy (non-hydrogen) atoms. The zero-order valence-electron chi connectivity index (χ0n) is 11.6. The molecule has 1 atom stereocenters. The Kier molecular flexibility index (Phi) is 5.73. The van der Waals surface area contributed by atoms with E-state index in [1.165, 1.54) is 0 Å². The molecule has 0 bridgehead atoms. The Bertz CT molecular complexity index is 415. The number of amides is 1. The predicted octanol–water partition coefficient (Wildman–Crippen LogP) is 1.52. The molecule has 0 aliphatic rings. The molecule has 1 aromatic rings. The van der Waals surface area contributed by atoms with Gasteiger partial charge in [0.15, 0.2) is 0 Å². The van der Waals surface area contributed by atoms with Gasteiger partial charge in [-0.3, -0.25) is 4.79 Å². The quantitative estimate of drug-likeness (QED) is 0.758. The first-order chi connectivity index (χ1) is 9.04. The molecule has 0 fully saturated rings. The molecule has 104 valence electrons. The molecule has 1 amide bonds. The van der Waals surface area contributed by atoms with Gasteiger partial charge in [0, 0.05) is 20.2 Å². The summed E-state index contributed by atoms with van der Waals surface area (Å²) in [5.74, 6) is -0.129. The number of ether oxygens (including phenoxy) is 1. The molecule has 0 radical (unpaired) electrons. The summed E-state index contributed by atoms with van der Waals surface area (Å²) in [6.45, 7) is 6.84. The summed E-state index contributed by atoms with van der Waals surface area (Å²) in [5, 5.41) is 0. The van der Waals surface area contributed by atoms with Crippen molar-refractivity contribution in [2.45, 2.75) is 12.5 Å². The van der Waals surface area contributed by atoms with E-state index >= 15 is 0 Å². The Morgan fingerprint density at radius 2 is 2.11 bits per heavy atom. The minimum absolute atomic E-state index is 0.129. The van der Waals surface area contributed by atoms with Crippen LogP contribution in [0.2, 0.25) is 0 Å². The highest BCUT2D eigenvalue weighted by molar-refractivity contribution is 5.87. The number of carbonyl (C=O) groups is 1. The van der Waals surface area contributed by atoms with Crippen molar-refractivity contribution in [3.05, 3.63) is 48.6 Å². The van der Waals surface area contributed by atoms with Crippen LogP contribution >= 0.6 is 0 Å². The van der Waals surface area contributed by atoms with Crippen molar-refractivity contribution in [3.63, 3.8) is 0 Å². The van der Waals surface area contributed by atoms with Crippen LogP contribution in [0.3, 0.4) is 0 Å². The largest absolute Gasteiger partial charge is 0.383 e. The van der Waals surface area contributed by atoms with Gasteiger partial charge in [0.05, 0.1) is 6.61 Å². The number of hydrogen-bond acceptors (Lipinski definition) is 3. The second-order valence-corrected chi connectivity index (χ2v) is 4.60. The fraction of sp³-hybridized carbons (Fsp3) is 0.400. The summed E-state index contributed by atoms with van der Waals surface area (Å²) in [7, 11) is 1.61. The number of methoxy groups -OCH3 is 1. The summed E-state index contributed by atoms with van der Waals surface area (Å²) in [4.78, 5) is 14.2. The van der Waals surface area contributed by atoms with Crippen molar-refractivity contribution < 1.29 is 9.53 Å². The summed E-state index contributed by atoms with van der Waals surface area (Å²) >= 11 is 0. The third-order valence-electron chi connectivity index (χ3n) is 3.02. The van der Waals surface area contributed by atoms with Gasteiger partial charge in [-0.1, -0.05) is 36.4 Å². The van der Waals surface area contributed by atoms with E-state index in [1.807, 2.05) is 30.3 Å². The molecule has 0 heterocycles. The van der Waals surface area contributed by atoms with Crippen molar-refractivity contribution >= 4 is 5.91 Å². The molecule has 4 nitrogen and oxygen atoms in total. The van der Waals surface area contributed by atoms with Crippen LogP contribution in [0.25, 0.3) is 0 Å². The zero-order chi connectivity index (χ0) is 14.3. The second kappa shape index (κ2) is 7.07. The summed E-state index contributed by atoms with van der Waals surface area (Å²) in [6, 6.07) is 9.37. The third kappa shape index (κ3) is 3.91. The number of benzene rings is 1. The molecule has 0 aromatic heterocycles. The maximum Gasteiger partial charge on any atom is 0.247 e. The van der Waals surface area contributed by atoms with E-state index < -0.39 is 5.54 Å². The van der Waals surface area contributed by atoms with E-state index in [4.69, 9.17) is 10.5 Å². The van der Waals surface area contributed by atoms with E-state index in [9.17, 15) is 4.79 Å². The average Bonchev–Trinajstić information content (AvgIpc) is 2.43. The van der Waals surface area contributed by atoms with Crippen molar-refractivity contribution in [1.29, 1.82) is 0 Å². The van der Waals surface area contributed by atoms with Gasteiger partial charge in [0.25, 0.3) is 0 Å². The lowest BCUT2D eigenvalue weighted by Gasteiger charge is -2.31. The van der Waals surface area contributed by atoms with Crippen LogP contribution < -0.4 is 5.73 Å². The second-order valence-electron chi connectivity index (χ2n) is 4.60. The first kappa shape index (κ1) is 15.4. The van der Waals surface area contributed by atoms with Gasteiger partial charge in [-0.2, -0.15) is 0 Å². The molecule has 2 N–H and O–H groups in total. The lowest BCUT2D eigenvalue weighted by molar-refractivity contribution is -0.136. The maximum atomic E-state index is 12.6. The molecule has 4 heteroatoms. The van der Waals surface area contributed by atoms with Gasteiger partial charge < -0.3 is 15.4 Å². The standard InChI is InChI=1S/C15H22N2O2/c1-4-10-17(11-12-19-3)14(18)15(2,16)13-8-6-5-7-9-13/h4-9H,1,10-12,16H2,2-3H3. The van der Waals surface area contributed by atoms with Crippen molar-refractivity contribution in [2.24, 2.45) is 5.73 Å². The number of hydrogen-bond donors (Lipinski definition) is 1. The maximum absolute atomic E-state index is 12.6. The number of nitrogens with zero attached hydrogens (tertiary/aromatic N) is 1. The van der Waals surface area contributed by atoms with Crippen LogP contribution in [-0.4, -0.2) is 37.6 Å². The van der Waals surface area contributed by atoms with Gasteiger partial charge in [0.2, 0.25) is 5.91 Å². The van der Waals surface area contributed by atoms with Crippen LogP contribution in [0.15, 0.2) is 43.0 Å². The van der Waals surface area contributed by atoms with Crippen LogP contribution in [0.1, 0.15) is 12.5 Å². The van der Waals surface area contributed by atoms with Crippen LogP contribution in [0, 0.1) is 0 Å². The molecule has 0 spiro atoms. The van der Waals surface area contributed by atoms with Gasteiger partial charge in [0.1, 0.15) is 5.54 Å². The van der Waals surface area contributed by atoms with Gasteiger partial charge in [-0.15, -0.1) is 6.58 Å². The minimum atomic E-state index is -1.04. The molecule has 0 aliphatic heterocycles. The van der Waals surface area contributed by atoms with Gasteiger partial charge >= 0.3 is 0 Å². The lowest BCUT2D eigenvalue weighted by Crippen LogP contribution is -2.51. The Balaban J connectivity index is 2.91. The lowest BCUT2D eigenvalue weighted by atomic mass is 9.91. The molecule has 0 saturated carbocycles. The zero-order valence-corrected chi connectivity index (χ0v) is 11.6. The van der Waals surface area contributed by atoms with Crippen molar-refractivity contribution in [3.8, 4) is 0 Å². The third-order valence-corrected chi connectivity index (χ3v) is 3.02. The highest BCUT2D eigenvalue weighted by atomic mass is 16.5. The molecular formula is C15H22N2O2. The average molecular weight is 262 g/mol. The van der Waals surface area contributed by atoms with Crippen LogP contribution in [0.5, 0.6) is 0 Å². The monoisotopic (exact) mass is 262 g/mol. The molecular weight excluding hydrogens is 240 g/mol. The number of carbonyl (C=O) groups excluding carboxylic acids is 1. The van der Waals surface area contributed by atoms with Crippen LogP contribution in [-0.2, 0) is 15.1 Å². The van der Waals surface area contributed by atoms with E-state index in [0.717, 1.165) is 5.56 Å². The highest BCUT2D eigenvalue weighted by Crippen LogP contribution is 2.20. The van der Waals surface area contributed by atoms with E-state index in [0.29, 0.717) is 19.7 Å². The Morgan fingerprint density at radius 3 is 2.63 bits per heavy atom. The summed E-state index contributed by atoms with van der Waals surface area (Å²) in [6.07, 6.45) is 1.69. The first-order valence-electron chi connectivity index (χ1n) is 6.27. The molecule has 0 saturated heterocycles. The molecule has 1 aromatic carbocycles. The summed E-state index contributed by atoms with van der Waals surface area (Å²) in [5.41, 5.74) is 5.97. The fourth-order valence-electron chi connectivity index (χ4n) is 1.87. The van der Waals surface area contributed by atoms with E-state index in [-0.39, 0.29) is 5.91 Å². The Morgan fingerprint density at radius 1 is 1.47 bits per heavy atom. The first-order valence-corrected chi connectivity index (χ1v) is 6.27. The SMILES string of the molecule is C=CCN(CCOC)C(=O)C(C)(N)c1ccccc1. The Hall–Kier alpha value is -1.65. The van der Waals surface area contributed by atoms with Crippen LogP contribution in [0.4, 0.5) is 0 Å². The normalized spacial score (nSPS) is 13.6. The highest BCUT2D eigenvalue weighted by Gasteiger charge is 2.33. The minimum Gasteiger partial charge on any atom is -0.383 e. The fourth-order valence-corrected chi connectivity index (χ4v) is 1.87. The van der Waals surface area contributed by atoms with Crippen molar-refractivity contribution in [2.75, 3.05) is 26.8 Å². The van der Waals surface area contributed by atoms with E-state index in [1.54, 1.807) is 25.0 Å². The smallest absolute Gasteiger partial charge is 0.247 e. The topological polar surface area (TPSA) is 55.6 Å². The number of nitrogens with two attached hydrogens (primary N) is 1. The summed E-state index contributed by atoms with van der Waals surface area (Å²) < 4.78 is 5.02. The van der Waals surface area contributed by atoms with E-state index in [2.05, 4.69) is 6.58 Å².